The Morgan fingerprint density at radius 1 is 1.24 bits per heavy atom. The zero-order valence-electron chi connectivity index (χ0n) is 12.5. The molecule has 1 N–H and O–H groups in total. The van der Waals surface area contributed by atoms with E-state index in [1.54, 1.807) is 7.11 Å². The largest absolute Gasteiger partial charge is 0.379 e. The fourth-order valence-electron chi connectivity index (χ4n) is 1.53. The predicted molar refractivity (Wildman–Crippen MR) is 73.5 cm³/mol. The van der Waals surface area contributed by atoms with Crippen LogP contribution in [0.5, 0.6) is 0 Å². The van der Waals surface area contributed by atoms with Crippen LogP contribution in [0, 0.1) is 0 Å². The van der Waals surface area contributed by atoms with Gasteiger partial charge in [0.05, 0.1) is 18.3 Å². The van der Waals surface area contributed by atoms with Gasteiger partial charge in [-0.05, 0) is 53.5 Å². The first-order valence-electron chi connectivity index (χ1n) is 6.81. The van der Waals surface area contributed by atoms with Crippen molar-refractivity contribution < 1.29 is 9.47 Å². The zero-order valence-corrected chi connectivity index (χ0v) is 12.5. The molecule has 0 saturated heterocycles. The lowest BCUT2D eigenvalue weighted by molar-refractivity contribution is 0.00505. The molecule has 0 aliphatic heterocycles. The van der Waals surface area contributed by atoms with Crippen molar-refractivity contribution in [2.24, 2.45) is 0 Å². The third-order valence-corrected chi connectivity index (χ3v) is 2.96. The molecule has 0 radical (unpaired) electrons. The summed E-state index contributed by atoms with van der Waals surface area (Å²) < 4.78 is 11.1. The van der Waals surface area contributed by atoms with Crippen molar-refractivity contribution in [1.82, 2.24) is 5.32 Å². The minimum absolute atomic E-state index is 0.0377. The van der Waals surface area contributed by atoms with E-state index < -0.39 is 0 Å². The SMILES string of the molecule is CCCNC(CCC(C)(C)OC)COC(C)C. The molecular weight excluding hydrogens is 214 g/mol. The molecule has 0 aromatic carbocycles. The first kappa shape index (κ1) is 16.9. The van der Waals surface area contributed by atoms with E-state index in [9.17, 15) is 0 Å². The molecule has 3 nitrogen and oxygen atoms in total. The fraction of sp³-hybridized carbons (Fsp3) is 1.00. The molecule has 17 heavy (non-hydrogen) atoms. The van der Waals surface area contributed by atoms with Gasteiger partial charge in [0.25, 0.3) is 0 Å². The molecule has 104 valence electrons. The van der Waals surface area contributed by atoms with E-state index in [0.29, 0.717) is 12.1 Å². The maximum Gasteiger partial charge on any atom is 0.0623 e. The smallest absolute Gasteiger partial charge is 0.0623 e. The third-order valence-electron chi connectivity index (χ3n) is 2.96. The molecule has 0 fully saturated rings. The summed E-state index contributed by atoms with van der Waals surface area (Å²) in [5.41, 5.74) is -0.0377. The van der Waals surface area contributed by atoms with Gasteiger partial charge in [-0.2, -0.15) is 0 Å². The number of ether oxygens (including phenoxy) is 2. The Kier molecular flexibility index (Phi) is 8.83. The van der Waals surface area contributed by atoms with Gasteiger partial charge in [0, 0.05) is 13.2 Å². The van der Waals surface area contributed by atoms with Gasteiger partial charge >= 0.3 is 0 Å². The molecule has 0 rings (SSSR count). The van der Waals surface area contributed by atoms with Gasteiger partial charge in [0.1, 0.15) is 0 Å². The molecule has 1 atom stereocenters. The number of hydrogen-bond donors (Lipinski definition) is 1. The minimum atomic E-state index is -0.0377. The van der Waals surface area contributed by atoms with E-state index in [1.807, 2.05) is 0 Å². The van der Waals surface area contributed by atoms with Gasteiger partial charge < -0.3 is 14.8 Å². The number of methoxy groups -OCH3 is 1. The Hall–Kier alpha value is -0.120. The van der Waals surface area contributed by atoms with Crippen LogP contribution in [0.2, 0.25) is 0 Å². The highest BCUT2D eigenvalue weighted by Gasteiger charge is 2.19. The predicted octanol–water partition coefficient (Wildman–Crippen LogP) is 2.98. The molecule has 0 amide bonds. The van der Waals surface area contributed by atoms with Crippen LogP contribution >= 0.6 is 0 Å². The number of nitrogens with one attached hydrogen (secondary N) is 1. The maximum atomic E-state index is 5.70. The first-order chi connectivity index (χ1) is 7.91. The molecule has 0 aromatic rings. The normalized spacial score (nSPS) is 14.3. The summed E-state index contributed by atoms with van der Waals surface area (Å²) in [7, 11) is 1.78. The Morgan fingerprint density at radius 3 is 2.35 bits per heavy atom. The van der Waals surface area contributed by atoms with Crippen LogP contribution < -0.4 is 5.32 Å². The summed E-state index contributed by atoms with van der Waals surface area (Å²) in [6.45, 7) is 12.5. The molecule has 0 saturated carbocycles. The Balaban J connectivity index is 4.00. The van der Waals surface area contributed by atoms with Gasteiger partial charge in [-0.3, -0.25) is 0 Å². The Morgan fingerprint density at radius 2 is 1.88 bits per heavy atom. The second kappa shape index (κ2) is 8.90. The Bertz CT molecular complexity index is 181. The van der Waals surface area contributed by atoms with Crippen molar-refractivity contribution in [2.45, 2.75) is 71.6 Å². The maximum absolute atomic E-state index is 5.70. The van der Waals surface area contributed by atoms with E-state index in [2.05, 4.69) is 39.9 Å². The van der Waals surface area contributed by atoms with E-state index in [1.165, 1.54) is 0 Å². The van der Waals surface area contributed by atoms with Crippen LogP contribution in [0.25, 0.3) is 0 Å². The van der Waals surface area contributed by atoms with E-state index in [4.69, 9.17) is 9.47 Å². The van der Waals surface area contributed by atoms with Gasteiger partial charge in [-0.1, -0.05) is 6.92 Å². The zero-order chi connectivity index (χ0) is 13.3. The minimum Gasteiger partial charge on any atom is -0.379 e. The summed E-state index contributed by atoms with van der Waals surface area (Å²) in [6, 6.07) is 0.437. The summed E-state index contributed by atoms with van der Waals surface area (Å²) in [5.74, 6) is 0. The van der Waals surface area contributed by atoms with Crippen LogP contribution in [0.1, 0.15) is 53.9 Å². The van der Waals surface area contributed by atoms with Crippen LogP contribution in [-0.4, -0.2) is 38.0 Å². The molecule has 1 unspecified atom stereocenters. The van der Waals surface area contributed by atoms with Crippen molar-refractivity contribution >= 4 is 0 Å². The van der Waals surface area contributed by atoms with E-state index in [0.717, 1.165) is 32.4 Å². The topological polar surface area (TPSA) is 30.5 Å². The van der Waals surface area contributed by atoms with Crippen molar-refractivity contribution in [3.63, 3.8) is 0 Å². The number of rotatable bonds is 10. The van der Waals surface area contributed by atoms with Crippen molar-refractivity contribution in [2.75, 3.05) is 20.3 Å². The Labute approximate surface area is 107 Å². The van der Waals surface area contributed by atoms with Gasteiger partial charge in [-0.25, -0.2) is 0 Å². The molecule has 0 aromatic heterocycles. The average Bonchev–Trinajstić information content (AvgIpc) is 2.28. The quantitative estimate of drug-likeness (QED) is 0.642. The first-order valence-corrected chi connectivity index (χ1v) is 6.81. The van der Waals surface area contributed by atoms with E-state index in [-0.39, 0.29) is 5.60 Å². The van der Waals surface area contributed by atoms with Crippen LogP contribution in [0.3, 0.4) is 0 Å². The van der Waals surface area contributed by atoms with Crippen molar-refractivity contribution in [1.29, 1.82) is 0 Å². The highest BCUT2D eigenvalue weighted by molar-refractivity contribution is 4.74. The van der Waals surface area contributed by atoms with Crippen molar-refractivity contribution in [3.8, 4) is 0 Å². The second-order valence-corrected chi connectivity index (χ2v) is 5.54. The number of hydrogen-bond acceptors (Lipinski definition) is 3. The van der Waals surface area contributed by atoms with Crippen molar-refractivity contribution in [3.05, 3.63) is 0 Å². The second-order valence-electron chi connectivity index (χ2n) is 5.54. The van der Waals surface area contributed by atoms with Gasteiger partial charge in [0.2, 0.25) is 0 Å². The van der Waals surface area contributed by atoms with Crippen LogP contribution in [0.4, 0.5) is 0 Å². The molecule has 0 spiro atoms. The van der Waals surface area contributed by atoms with Crippen LogP contribution in [0.15, 0.2) is 0 Å². The molecule has 0 bridgehead atoms. The fourth-order valence-corrected chi connectivity index (χ4v) is 1.53. The average molecular weight is 245 g/mol. The standard InChI is InChI=1S/C14H31NO2/c1-7-10-15-13(11-17-12(2)3)8-9-14(4,5)16-6/h12-13,15H,7-11H2,1-6H3. The molecule has 0 aliphatic rings. The summed E-state index contributed by atoms with van der Waals surface area (Å²) in [5, 5.41) is 3.54. The summed E-state index contributed by atoms with van der Waals surface area (Å²) >= 11 is 0. The summed E-state index contributed by atoms with van der Waals surface area (Å²) in [4.78, 5) is 0. The molecule has 0 heterocycles. The van der Waals surface area contributed by atoms with E-state index >= 15 is 0 Å². The monoisotopic (exact) mass is 245 g/mol. The van der Waals surface area contributed by atoms with Gasteiger partial charge in [-0.15, -0.1) is 0 Å². The lowest BCUT2D eigenvalue weighted by Crippen LogP contribution is -2.37. The molecular formula is C14H31NO2. The summed E-state index contributed by atoms with van der Waals surface area (Å²) in [6.07, 6.45) is 3.60. The highest BCUT2D eigenvalue weighted by Crippen LogP contribution is 2.17. The van der Waals surface area contributed by atoms with Gasteiger partial charge in [0.15, 0.2) is 0 Å². The molecule has 3 heteroatoms. The lowest BCUT2D eigenvalue weighted by atomic mass is 9.99. The lowest BCUT2D eigenvalue weighted by Gasteiger charge is -2.27. The molecule has 0 aliphatic carbocycles. The highest BCUT2D eigenvalue weighted by atomic mass is 16.5. The third kappa shape index (κ3) is 9.57. The van der Waals surface area contributed by atoms with Crippen LogP contribution in [-0.2, 0) is 9.47 Å².